The van der Waals surface area contributed by atoms with Crippen LogP contribution in [-0.4, -0.2) is 30.0 Å². The van der Waals surface area contributed by atoms with Gasteiger partial charge in [0.1, 0.15) is 0 Å². The van der Waals surface area contributed by atoms with E-state index in [0.29, 0.717) is 6.04 Å². The highest BCUT2D eigenvalue weighted by Gasteiger charge is 2.13. The molecule has 112 valence electrons. The Morgan fingerprint density at radius 1 is 1.19 bits per heavy atom. The van der Waals surface area contributed by atoms with Crippen LogP contribution in [0.15, 0.2) is 48.8 Å². The van der Waals surface area contributed by atoms with E-state index in [4.69, 9.17) is 0 Å². The maximum Gasteiger partial charge on any atom is 0.0449 e. The number of nitrogens with one attached hydrogen (secondary N) is 1. The Bertz CT molecular complexity index is 522. The van der Waals surface area contributed by atoms with Crippen LogP contribution >= 0.6 is 0 Å². The summed E-state index contributed by atoms with van der Waals surface area (Å²) in [6, 6.07) is 13.3. The quantitative estimate of drug-likeness (QED) is 0.846. The van der Waals surface area contributed by atoms with E-state index in [1.54, 1.807) is 0 Å². The molecule has 0 spiro atoms. The molecule has 0 aliphatic carbocycles. The van der Waals surface area contributed by atoms with Gasteiger partial charge in [0.25, 0.3) is 0 Å². The molecule has 1 heterocycles. The zero-order valence-electron chi connectivity index (χ0n) is 13.2. The monoisotopic (exact) mass is 283 g/mol. The number of benzene rings is 1. The summed E-state index contributed by atoms with van der Waals surface area (Å²) in [5.41, 5.74) is 3.90. The van der Waals surface area contributed by atoms with E-state index in [1.807, 2.05) is 18.5 Å². The first-order valence-electron chi connectivity index (χ1n) is 7.56. The van der Waals surface area contributed by atoms with Gasteiger partial charge in [-0.1, -0.05) is 42.8 Å². The minimum absolute atomic E-state index is 0.359. The predicted octanol–water partition coefficient (Wildman–Crippen LogP) is 3.17. The zero-order valence-corrected chi connectivity index (χ0v) is 13.2. The van der Waals surface area contributed by atoms with Crippen LogP contribution in [0.2, 0.25) is 0 Å². The van der Waals surface area contributed by atoms with Crippen molar-refractivity contribution in [2.24, 2.45) is 0 Å². The van der Waals surface area contributed by atoms with Crippen LogP contribution in [-0.2, 0) is 6.54 Å². The Morgan fingerprint density at radius 2 is 1.95 bits per heavy atom. The first-order chi connectivity index (χ1) is 10.2. The standard InChI is InChI=1S/C18H25N3/c1-4-20-18(17-9-7-15(2)8-10-17)14-21(3)13-16-6-5-11-19-12-16/h5-12,18,20H,4,13-14H2,1-3H3. The summed E-state index contributed by atoms with van der Waals surface area (Å²) in [7, 11) is 2.16. The fraction of sp³-hybridized carbons (Fsp3) is 0.389. The second-order valence-electron chi connectivity index (χ2n) is 5.58. The van der Waals surface area contributed by atoms with Gasteiger partial charge in [-0.15, -0.1) is 0 Å². The van der Waals surface area contributed by atoms with Crippen molar-refractivity contribution in [2.45, 2.75) is 26.4 Å². The Hall–Kier alpha value is -1.71. The molecular weight excluding hydrogens is 258 g/mol. The SMILES string of the molecule is CCNC(CN(C)Cc1cccnc1)c1ccc(C)cc1. The van der Waals surface area contributed by atoms with Crippen molar-refractivity contribution in [2.75, 3.05) is 20.1 Å². The van der Waals surface area contributed by atoms with Crippen LogP contribution in [0.1, 0.15) is 29.7 Å². The van der Waals surface area contributed by atoms with Crippen LogP contribution < -0.4 is 5.32 Å². The van der Waals surface area contributed by atoms with E-state index < -0.39 is 0 Å². The van der Waals surface area contributed by atoms with Gasteiger partial charge < -0.3 is 10.2 Å². The number of likely N-dealkylation sites (N-methyl/N-ethyl adjacent to an activating group) is 2. The highest BCUT2D eigenvalue weighted by molar-refractivity contribution is 5.24. The fourth-order valence-electron chi connectivity index (χ4n) is 2.51. The minimum atomic E-state index is 0.359. The van der Waals surface area contributed by atoms with E-state index in [0.717, 1.165) is 19.6 Å². The molecule has 0 bridgehead atoms. The fourth-order valence-corrected chi connectivity index (χ4v) is 2.51. The molecule has 3 nitrogen and oxygen atoms in total. The van der Waals surface area contributed by atoms with E-state index >= 15 is 0 Å². The minimum Gasteiger partial charge on any atom is -0.309 e. The Balaban J connectivity index is 2.00. The van der Waals surface area contributed by atoms with E-state index in [-0.39, 0.29) is 0 Å². The molecular formula is C18H25N3. The second-order valence-corrected chi connectivity index (χ2v) is 5.58. The van der Waals surface area contributed by atoms with Crippen molar-refractivity contribution in [3.8, 4) is 0 Å². The largest absolute Gasteiger partial charge is 0.309 e. The molecule has 2 rings (SSSR count). The molecule has 21 heavy (non-hydrogen) atoms. The molecule has 0 saturated carbocycles. The maximum atomic E-state index is 4.18. The third kappa shape index (κ3) is 4.96. The van der Waals surface area contributed by atoms with E-state index in [9.17, 15) is 0 Å². The van der Waals surface area contributed by atoms with Crippen LogP contribution in [0.3, 0.4) is 0 Å². The second kappa shape index (κ2) is 7.91. The Morgan fingerprint density at radius 3 is 2.57 bits per heavy atom. The van der Waals surface area contributed by atoms with Crippen LogP contribution in [0.4, 0.5) is 0 Å². The predicted molar refractivity (Wildman–Crippen MR) is 88.2 cm³/mol. The third-order valence-corrected chi connectivity index (χ3v) is 3.60. The summed E-state index contributed by atoms with van der Waals surface area (Å²) in [5, 5.41) is 3.58. The van der Waals surface area contributed by atoms with Gasteiger partial charge in [0.2, 0.25) is 0 Å². The number of hydrogen-bond donors (Lipinski definition) is 1. The van der Waals surface area contributed by atoms with Gasteiger partial charge in [-0.05, 0) is 37.7 Å². The van der Waals surface area contributed by atoms with Crippen LogP contribution in [0.25, 0.3) is 0 Å². The van der Waals surface area contributed by atoms with Crippen molar-refractivity contribution in [3.63, 3.8) is 0 Å². The molecule has 0 amide bonds. The van der Waals surface area contributed by atoms with Crippen LogP contribution in [0.5, 0.6) is 0 Å². The van der Waals surface area contributed by atoms with Crippen molar-refractivity contribution in [1.29, 1.82) is 0 Å². The third-order valence-electron chi connectivity index (χ3n) is 3.60. The molecule has 1 atom stereocenters. The van der Waals surface area contributed by atoms with E-state index in [1.165, 1.54) is 16.7 Å². The number of aromatic nitrogens is 1. The Kier molecular flexibility index (Phi) is 5.90. The number of hydrogen-bond acceptors (Lipinski definition) is 3. The lowest BCUT2D eigenvalue weighted by Crippen LogP contribution is -2.32. The number of pyridine rings is 1. The van der Waals surface area contributed by atoms with Gasteiger partial charge in [0.05, 0.1) is 0 Å². The summed E-state index contributed by atoms with van der Waals surface area (Å²) in [5.74, 6) is 0. The molecule has 0 saturated heterocycles. The molecule has 0 aliphatic heterocycles. The van der Waals surface area contributed by atoms with Crippen molar-refractivity contribution < 1.29 is 0 Å². The topological polar surface area (TPSA) is 28.2 Å². The average Bonchev–Trinajstić information content (AvgIpc) is 2.48. The Labute approximate surface area is 128 Å². The summed E-state index contributed by atoms with van der Waals surface area (Å²) in [6.07, 6.45) is 3.75. The van der Waals surface area contributed by atoms with Gasteiger partial charge in [0, 0.05) is 31.5 Å². The van der Waals surface area contributed by atoms with Crippen LogP contribution in [0, 0.1) is 6.92 Å². The first kappa shape index (κ1) is 15.7. The van der Waals surface area contributed by atoms with Gasteiger partial charge in [-0.2, -0.15) is 0 Å². The van der Waals surface area contributed by atoms with Gasteiger partial charge >= 0.3 is 0 Å². The van der Waals surface area contributed by atoms with Crippen molar-refractivity contribution >= 4 is 0 Å². The smallest absolute Gasteiger partial charge is 0.0449 e. The lowest BCUT2D eigenvalue weighted by molar-refractivity contribution is 0.285. The molecule has 0 aliphatic rings. The normalized spacial score (nSPS) is 12.6. The zero-order chi connectivity index (χ0) is 15.1. The summed E-state index contributed by atoms with van der Waals surface area (Å²) in [4.78, 5) is 6.52. The summed E-state index contributed by atoms with van der Waals surface area (Å²) in [6.45, 7) is 7.15. The average molecular weight is 283 g/mol. The van der Waals surface area contributed by atoms with Crippen molar-refractivity contribution in [1.82, 2.24) is 15.2 Å². The summed E-state index contributed by atoms with van der Waals surface area (Å²) >= 11 is 0. The van der Waals surface area contributed by atoms with Gasteiger partial charge in [-0.25, -0.2) is 0 Å². The van der Waals surface area contributed by atoms with Gasteiger partial charge in [0.15, 0.2) is 0 Å². The van der Waals surface area contributed by atoms with Crippen molar-refractivity contribution in [3.05, 3.63) is 65.5 Å². The molecule has 1 aromatic carbocycles. The molecule has 1 unspecified atom stereocenters. The highest BCUT2D eigenvalue weighted by atomic mass is 15.1. The number of rotatable bonds is 7. The lowest BCUT2D eigenvalue weighted by Gasteiger charge is -2.25. The summed E-state index contributed by atoms with van der Waals surface area (Å²) < 4.78 is 0. The first-order valence-corrected chi connectivity index (χ1v) is 7.56. The lowest BCUT2D eigenvalue weighted by atomic mass is 10.0. The molecule has 1 N–H and O–H groups in total. The number of aryl methyl sites for hydroxylation is 1. The molecule has 3 heteroatoms. The molecule has 1 aromatic heterocycles. The maximum absolute atomic E-state index is 4.18. The van der Waals surface area contributed by atoms with Gasteiger partial charge in [-0.3, -0.25) is 4.98 Å². The molecule has 2 aromatic rings. The van der Waals surface area contributed by atoms with E-state index in [2.05, 4.69) is 66.4 Å². The highest BCUT2D eigenvalue weighted by Crippen LogP contribution is 2.16. The molecule has 0 fully saturated rings. The number of nitrogens with zero attached hydrogens (tertiary/aromatic N) is 2. The molecule has 0 radical (unpaired) electrons.